The molecule has 0 spiro atoms. The van der Waals surface area contributed by atoms with Crippen molar-refractivity contribution in [2.45, 2.75) is 6.54 Å². The van der Waals surface area contributed by atoms with E-state index in [2.05, 4.69) is 68.1 Å². The summed E-state index contributed by atoms with van der Waals surface area (Å²) in [6.07, 6.45) is 0. The van der Waals surface area contributed by atoms with Gasteiger partial charge in [-0.1, -0.05) is 27.5 Å². The molecule has 0 heterocycles. The second-order valence-corrected chi connectivity index (χ2v) is 6.13. The third kappa shape index (κ3) is 3.86. The number of anilines is 1. The smallest absolute Gasteiger partial charge is 0.0412 e. The van der Waals surface area contributed by atoms with Crippen LogP contribution in [0.2, 0.25) is 5.02 Å². The molecule has 0 radical (unpaired) electrons. The lowest BCUT2D eigenvalue weighted by Crippen LogP contribution is -2.00. The highest BCUT2D eigenvalue weighted by atomic mass is 127. The van der Waals surface area contributed by atoms with Crippen molar-refractivity contribution in [2.75, 3.05) is 5.32 Å². The maximum atomic E-state index is 5.97. The van der Waals surface area contributed by atoms with Crippen molar-refractivity contribution in [3.8, 4) is 0 Å². The van der Waals surface area contributed by atoms with Crippen molar-refractivity contribution in [2.24, 2.45) is 0 Å². The van der Waals surface area contributed by atoms with Gasteiger partial charge in [-0.2, -0.15) is 0 Å². The first kappa shape index (κ1) is 13.2. The van der Waals surface area contributed by atoms with Gasteiger partial charge in [-0.15, -0.1) is 0 Å². The Morgan fingerprint density at radius 1 is 1.12 bits per heavy atom. The summed E-state index contributed by atoms with van der Waals surface area (Å²) in [4.78, 5) is 0. The van der Waals surface area contributed by atoms with Gasteiger partial charge >= 0.3 is 0 Å². The number of hydrogen-bond acceptors (Lipinski definition) is 1. The van der Waals surface area contributed by atoms with Crippen molar-refractivity contribution >= 4 is 55.8 Å². The van der Waals surface area contributed by atoms with Crippen LogP contribution in [-0.2, 0) is 6.54 Å². The minimum Gasteiger partial charge on any atom is -0.381 e. The van der Waals surface area contributed by atoms with E-state index >= 15 is 0 Å². The molecule has 0 saturated carbocycles. The van der Waals surface area contributed by atoms with Gasteiger partial charge in [-0.25, -0.2) is 0 Å². The first-order valence-corrected chi connectivity index (χ1v) is 7.33. The van der Waals surface area contributed by atoms with Gasteiger partial charge in [0.25, 0.3) is 0 Å². The van der Waals surface area contributed by atoms with E-state index in [1.807, 2.05) is 18.2 Å². The van der Waals surface area contributed by atoms with Crippen LogP contribution in [0.4, 0.5) is 5.69 Å². The molecule has 88 valence electrons. The predicted octanol–water partition coefficient (Wildman–Crippen LogP) is 5.32. The standard InChI is InChI=1S/C13H10BrClIN/c14-13-6-1-10(15)7-9(13)8-17-12-4-2-11(16)3-5-12/h1-7,17H,8H2. The maximum absolute atomic E-state index is 5.97. The van der Waals surface area contributed by atoms with Crippen LogP contribution in [0.5, 0.6) is 0 Å². The number of halogens is 3. The normalized spacial score (nSPS) is 10.3. The van der Waals surface area contributed by atoms with Crippen LogP contribution in [-0.4, -0.2) is 0 Å². The van der Waals surface area contributed by atoms with Crippen molar-refractivity contribution in [3.63, 3.8) is 0 Å². The monoisotopic (exact) mass is 421 g/mol. The molecule has 1 nitrogen and oxygen atoms in total. The van der Waals surface area contributed by atoms with Gasteiger partial charge in [0.1, 0.15) is 0 Å². The lowest BCUT2D eigenvalue weighted by Gasteiger charge is -2.08. The molecule has 17 heavy (non-hydrogen) atoms. The molecule has 0 amide bonds. The molecule has 0 aliphatic carbocycles. The Kier molecular flexibility index (Phi) is 4.70. The minimum absolute atomic E-state index is 0.752. The average molecular weight is 422 g/mol. The average Bonchev–Trinajstić information content (AvgIpc) is 2.32. The van der Waals surface area contributed by atoms with E-state index in [9.17, 15) is 0 Å². The fourth-order valence-corrected chi connectivity index (χ4v) is 2.38. The summed E-state index contributed by atoms with van der Waals surface area (Å²) < 4.78 is 2.30. The summed E-state index contributed by atoms with van der Waals surface area (Å²) in [7, 11) is 0. The molecular weight excluding hydrogens is 412 g/mol. The second-order valence-electron chi connectivity index (χ2n) is 3.60. The number of benzene rings is 2. The summed E-state index contributed by atoms with van der Waals surface area (Å²) in [6, 6.07) is 14.1. The summed E-state index contributed by atoms with van der Waals surface area (Å²) in [5, 5.41) is 4.12. The Balaban J connectivity index is 2.07. The Labute approximate surface area is 128 Å². The fraction of sp³-hybridized carbons (Fsp3) is 0.0769. The largest absolute Gasteiger partial charge is 0.381 e. The van der Waals surface area contributed by atoms with E-state index in [0.717, 1.165) is 27.3 Å². The van der Waals surface area contributed by atoms with Crippen molar-refractivity contribution in [1.29, 1.82) is 0 Å². The lowest BCUT2D eigenvalue weighted by atomic mass is 10.2. The first-order chi connectivity index (χ1) is 8.15. The Morgan fingerprint density at radius 3 is 2.53 bits per heavy atom. The molecule has 0 aromatic heterocycles. The van der Waals surface area contributed by atoms with Gasteiger partial charge in [-0.3, -0.25) is 0 Å². The molecule has 0 fully saturated rings. The van der Waals surface area contributed by atoms with Gasteiger partial charge in [-0.05, 0) is 70.6 Å². The van der Waals surface area contributed by atoms with E-state index in [-0.39, 0.29) is 0 Å². The van der Waals surface area contributed by atoms with Crippen LogP contribution < -0.4 is 5.32 Å². The van der Waals surface area contributed by atoms with Gasteiger partial charge in [0.05, 0.1) is 0 Å². The number of rotatable bonds is 3. The zero-order valence-corrected chi connectivity index (χ0v) is 13.4. The van der Waals surface area contributed by atoms with E-state index in [0.29, 0.717) is 0 Å². The molecule has 0 bridgehead atoms. The van der Waals surface area contributed by atoms with E-state index in [1.165, 1.54) is 3.57 Å². The van der Waals surface area contributed by atoms with E-state index in [4.69, 9.17) is 11.6 Å². The molecule has 2 aromatic carbocycles. The molecule has 0 aliphatic rings. The zero-order chi connectivity index (χ0) is 12.3. The third-order valence-corrected chi connectivity index (χ3v) is 4.06. The number of nitrogens with one attached hydrogen (secondary N) is 1. The summed E-state index contributed by atoms with van der Waals surface area (Å²) >= 11 is 11.8. The Morgan fingerprint density at radius 2 is 1.82 bits per heavy atom. The highest BCUT2D eigenvalue weighted by Gasteiger charge is 2.01. The molecule has 0 saturated heterocycles. The third-order valence-electron chi connectivity index (χ3n) is 2.33. The Bertz CT molecular complexity index is 513. The van der Waals surface area contributed by atoms with E-state index < -0.39 is 0 Å². The van der Waals surface area contributed by atoms with Gasteiger partial charge in [0.15, 0.2) is 0 Å². The van der Waals surface area contributed by atoms with Crippen molar-refractivity contribution in [1.82, 2.24) is 0 Å². The van der Waals surface area contributed by atoms with Crippen molar-refractivity contribution < 1.29 is 0 Å². The van der Waals surface area contributed by atoms with Gasteiger partial charge < -0.3 is 5.32 Å². The molecule has 0 aliphatic heterocycles. The molecule has 1 N–H and O–H groups in total. The number of hydrogen-bond donors (Lipinski definition) is 1. The van der Waals surface area contributed by atoms with Crippen LogP contribution in [0.15, 0.2) is 46.9 Å². The molecule has 2 rings (SSSR count). The van der Waals surface area contributed by atoms with Crippen LogP contribution in [0.3, 0.4) is 0 Å². The van der Waals surface area contributed by atoms with Gasteiger partial charge in [0.2, 0.25) is 0 Å². The van der Waals surface area contributed by atoms with Crippen LogP contribution in [0.1, 0.15) is 5.56 Å². The second kappa shape index (κ2) is 6.07. The topological polar surface area (TPSA) is 12.0 Å². The molecule has 0 atom stereocenters. The molecular formula is C13H10BrClIN. The van der Waals surface area contributed by atoms with Crippen molar-refractivity contribution in [3.05, 3.63) is 61.1 Å². The van der Waals surface area contributed by atoms with E-state index in [1.54, 1.807) is 0 Å². The fourth-order valence-electron chi connectivity index (χ4n) is 1.44. The van der Waals surface area contributed by atoms with Crippen LogP contribution in [0.25, 0.3) is 0 Å². The van der Waals surface area contributed by atoms with Gasteiger partial charge in [0, 0.05) is 25.3 Å². The summed E-state index contributed by atoms with van der Waals surface area (Å²) in [5.41, 5.74) is 2.26. The maximum Gasteiger partial charge on any atom is 0.0412 e. The molecule has 0 unspecified atom stereocenters. The Hall–Kier alpha value is -0.260. The SMILES string of the molecule is Clc1ccc(Br)c(CNc2ccc(I)cc2)c1. The summed E-state index contributed by atoms with van der Waals surface area (Å²) in [6.45, 7) is 0.752. The zero-order valence-electron chi connectivity index (χ0n) is 8.88. The van der Waals surface area contributed by atoms with Crippen LogP contribution >= 0.6 is 50.1 Å². The predicted molar refractivity (Wildman–Crippen MR) is 85.6 cm³/mol. The minimum atomic E-state index is 0.752. The highest BCUT2D eigenvalue weighted by Crippen LogP contribution is 2.22. The summed E-state index contributed by atoms with van der Waals surface area (Å²) in [5.74, 6) is 0. The molecule has 2 aromatic rings. The van der Waals surface area contributed by atoms with Crippen LogP contribution in [0, 0.1) is 3.57 Å². The quantitative estimate of drug-likeness (QED) is 0.661. The first-order valence-electron chi connectivity index (χ1n) is 5.08. The molecule has 4 heteroatoms. The highest BCUT2D eigenvalue weighted by molar-refractivity contribution is 14.1. The lowest BCUT2D eigenvalue weighted by molar-refractivity contribution is 1.14.